The molecular formula is C19H27N5O. The molecule has 6 nitrogen and oxygen atoms in total. The van der Waals surface area contributed by atoms with E-state index in [0.717, 1.165) is 50.9 Å². The van der Waals surface area contributed by atoms with Crippen molar-refractivity contribution in [3.05, 3.63) is 47.7 Å². The predicted molar refractivity (Wildman–Crippen MR) is 101 cm³/mol. The van der Waals surface area contributed by atoms with Gasteiger partial charge in [-0.2, -0.15) is 4.98 Å². The molecular weight excluding hydrogens is 314 g/mol. The number of morpholine rings is 1. The van der Waals surface area contributed by atoms with Crippen LogP contribution in [0, 0.1) is 6.92 Å². The van der Waals surface area contributed by atoms with E-state index in [1.54, 1.807) is 0 Å². The Morgan fingerprint density at radius 3 is 2.68 bits per heavy atom. The SMILES string of the molecule is Cc1cc(NC(C)c2ccccc2)nc(NCCN2CCOCC2)n1. The summed E-state index contributed by atoms with van der Waals surface area (Å²) >= 11 is 0. The third-order valence-electron chi connectivity index (χ3n) is 4.33. The molecule has 0 radical (unpaired) electrons. The quantitative estimate of drug-likeness (QED) is 0.807. The summed E-state index contributed by atoms with van der Waals surface area (Å²) in [6.07, 6.45) is 0. The second kappa shape index (κ2) is 8.78. The highest BCUT2D eigenvalue weighted by molar-refractivity contribution is 5.44. The van der Waals surface area contributed by atoms with Gasteiger partial charge in [0.05, 0.1) is 13.2 Å². The first-order chi connectivity index (χ1) is 12.2. The van der Waals surface area contributed by atoms with Crippen LogP contribution in [0.4, 0.5) is 11.8 Å². The Morgan fingerprint density at radius 1 is 1.16 bits per heavy atom. The lowest BCUT2D eigenvalue weighted by Crippen LogP contribution is -2.39. The number of rotatable bonds is 7. The topological polar surface area (TPSA) is 62.3 Å². The van der Waals surface area contributed by atoms with Gasteiger partial charge in [-0.15, -0.1) is 0 Å². The Bertz CT molecular complexity index is 658. The zero-order valence-corrected chi connectivity index (χ0v) is 15.0. The fourth-order valence-corrected chi connectivity index (χ4v) is 2.92. The Hall–Kier alpha value is -2.18. The van der Waals surface area contributed by atoms with Crippen LogP contribution in [0.1, 0.15) is 24.2 Å². The maximum absolute atomic E-state index is 5.37. The van der Waals surface area contributed by atoms with Gasteiger partial charge < -0.3 is 15.4 Å². The molecule has 6 heteroatoms. The first kappa shape index (κ1) is 17.6. The second-order valence-corrected chi connectivity index (χ2v) is 6.38. The number of anilines is 2. The molecule has 2 aromatic rings. The van der Waals surface area contributed by atoms with Crippen LogP contribution in [0.15, 0.2) is 36.4 Å². The molecule has 0 amide bonds. The minimum atomic E-state index is 0.191. The first-order valence-electron chi connectivity index (χ1n) is 8.92. The van der Waals surface area contributed by atoms with E-state index < -0.39 is 0 Å². The van der Waals surface area contributed by atoms with Crippen molar-refractivity contribution >= 4 is 11.8 Å². The summed E-state index contributed by atoms with van der Waals surface area (Å²) in [6, 6.07) is 12.5. The normalized spacial score (nSPS) is 16.4. The summed E-state index contributed by atoms with van der Waals surface area (Å²) in [5.74, 6) is 1.52. The van der Waals surface area contributed by atoms with Crippen LogP contribution >= 0.6 is 0 Å². The van der Waals surface area contributed by atoms with Gasteiger partial charge in [-0.1, -0.05) is 30.3 Å². The van der Waals surface area contributed by atoms with Crippen molar-refractivity contribution in [2.24, 2.45) is 0 Å². The molecule has 0 bridgehead atoms. The monoisotopic (exact) mass is 341 g/mol. The molecule has 134 valence electrons. The van der Waals surface area contributed by atoms with Gasteiger partial charge in [0.2, 0.25) is 5.95 Å². The number of aryl methyl sites for hydroxylation is 1. The lowest BCUT2D eigenvalue weighted by atomic mass is 10.1. The standard InChI is InChI=1S/C19H27N5O/c1-15-14-18(22-16(2)17-6-4-3-5-7-17)23-19(21-15)20-8-9-24-10-12-25-13-11-24/h3-7,14,16H,8-13H2,1-2H3,(H2,20,21,22,23). The van der Waals surface area contributed by atoms with Gasteiger partial charge in [0.15, 0.2) is 0 Å². The highest BCUT2D eigenvalue weighted by atomic mass is 16.5. The van der Waals surface area contributed by atoms with E-state index >= 15 is 0 Å². The fourth-order valence-electron chi connectivity index (χ4n) is 2.92. The molecule has 1 saturated heterocycles. The highest BCUT2D eigenvalue weighted by Crippen LogP contribution is 2.18. The summed E-state index contributed by atoms with van der Waals surface area (Å²) < 4.78 is 5.37. The zero-order chi connectivity index (χ0) is 17.5. The lowest BCUT2D eigenvalue weighted by molar-refractivity contribution is 0.0398. The van der Waals surface area contributed by atoms with Crippen molar-refractivity contribution in [2.75, 3.05) is 50.0 Å². The molecule has 2 heterocycles. The van der Waals surface area contributed by atoms with E-state index in [-0.39, 0.29) is 6.04 Å². The average Bonchev–Trinajstić information content (AvgIpc) is 2.63. The largest absolute Gasteiger partial charge is 0.379 e. The summed E-state index contributed by atoms with van der Waals surface area (Å²) in [7, 11) is 0. The van der Waals surface area contributed by atoms with Crippen LogP contribution in [0.3, 0.4) is 0 Å². The van der Waals surface area contributed by atoms with Gasteiger partial charge in [-0.25, -0.2) is 4.98 Å². The zero-order valence-electron chi connectivity index (χ0n) is 15.0. The van der Waals surface area contributed by atoms with Gasteiger partial charge in [-0.05, 0) is 19.4 Å². The highest BCUT2D eigenvalue weighted by Gasteiger charge is 2.11. The van der Waals surface area contributed by atoms with E-state index in [0.29, 0.717) is 5.95 Å². The van der Waals surface area contributed by atoms with Crippen LogP contribution in [0.25, 0.3) is 0 Å². The summed E-state index contributed by atoms with van der Waals surface area (Å²) in [4.78, 5) is 11.5. The Morgan fingerprint density at radius 2 is 1.92 bits per heavy atom. The molecule has 3 rings (SSSR count). The molecule has 1 unspecified atom stereocenters. The van der Waals surface area contributed by atoms with Gasteiger partial charge in [-0.3, -0.25) is 4.90 Å². The van der Waals surface area contributed by atoms with Crippen LogP contribution < -0.4 is 10.6 Å². The molecule has 1 fully saturated rings. The molecule has 1 aromatic carbocycles. The number of hydrogen-bond acceptors (Lipinski definition) is 6. The second-order valence-electron chi connectivity index (χ2n) is 6.38. The Kier molecular flexibility index (Phi) is 6.19. The van der Waals surface area contributed by atoms with Crippen LogP contribution in [0.5, 0.6) is 0 Å². The van der Waals surface area contributed by atoms with E-state index in [1.807, 2.05) is 19.1 Å². The van der Waals surface area contributed by atoms with Crippen molar-refractivity contribution in [3.8, 4) is 0 Å². The smallest absolute Gasteiger partial charge is 0.224 e. The maximum atomic E-state index is 5.37. The molecule has 0 spiro atoms. The fraction of sp³-hybridized carbons (Fsp3) is 0.474. The molecule has 1 aromatic heterocycles. The molecule has 1 atom stereocenters. The summed E-state index contributed by atoms with van der Waals surface area (Å²) in [5, 5.41) is 6.80. The van der Waals surface area contributed by atoms with Gasteiger partial charge in [0, 0.05) is 44.0 Å². The van der Waals surface area contributed by atoms with E-state index in [2.05, 4.69) is 56.7 Å². The molecule has 1 aliphatic rings. The molecule has 2 N–H and O–H groups in total. The van der Waals surface area contributed by atoms with Crippen LogP contribution in [-0.4, -0.2) is 54.3 Å². The maximum Gasteiger partial charge on any atom is 0.224 e. The third-order valence-corrected chi connectivity index (χ3v) is 4.33. The van der Waals surface area contributed by atoms with Crippen LogP contribution in [-0.2, 0) is 4.74 Å². The number of nitrogens with one attached hydrogen (secondary N) is 2. The molecule has 25 heavy (non-hydrogen) atoms. The first-order valence-corrected chi connectivity index (χ1v) is 8.92. The number of aromatic nitrogens is 2. The minimum absolute atomic E-state index is 0.191. The Labute approximate surface area is 149 Å². The number of benzene rings is 1. The minimum Gasteiger partial charge on any atom is -0.379 e. The number of ether oxygens (including phenoxy) is 1. The Balaban J connectivity index is 1.56. The summed E-state index contributed by atoms with van der Waals surface area (Å²) in [6.45, 7) is 9.58. The van der Waals surface area contributed by atoms with Crippen molar-refractivity contribution < 1.29 is 4.74 Å². The number of nitrogens with zero attached hydrogens (tertiary/aromatic N) is 3. The van der Waals surface area contributed by atoms with E-state index in [4.69, 9.17) is 4.74 Å². The van der Waals surface area contributed by atoms with Crippen LogP contribution in [0.2, 0.25) is 0 Å². The van der Waals surface area contributed by atoms with Crippen molar-refractivity contribution in [3.63, 3.8) is 0 Å². The van der Waals surface area contributed by atoms with Gasteiger partial charge in [0.25, 0.3) is 0 Å². The van der Waals surface area contributed by atoms with E-state index in [1.165, 1.54) is 5.56 Å². The van der Waals surface area contributed by atoms with E-state index in [9.17, 15) is 0 Å². The molecule has 0 aliphatic carbocycles. The predicted octanol–water partition coefficient (Wildman–Crippen LogP) is 2.70. The summed E-state index contributed by atoms with van der Waals surface area (Å²) in [5.41, 5.74) is 2.19. The average molecular weight is 341 g/mol. The van der Waals surface area contributed by atoms with Gasteiger partial charge >= 0.3 is 0 Å². The van der Waals surface area contributed by atoms with Crippen molar-refractivity contribution in [2.45, 2.75) is 19.9 Å². The molecule has 0 saturated carbocycles. The van der Waals surface area contributed by atoms with Gasteiger partial charge in [0.1, 0.15) is 5.82 Å². The number of hydrogen-bond donors (Lipinski definition) is 2. The van der Waals surface area contributed by atoms with Crippen molar-refractivity contribution in [1.82, 2.24) is 14.9 Å². The molecule has 1 aliphatic heterocycles. The third kappa shape index (κ3) is 5.41. The van der Waals surface area contributed by atoms with Crippen molar-refractivity contribution in [1.29, 1.82) is 0 Å². The lowest BCUT2D eigenvalue weighted by Gasteiger charge is -2.26.